The van der Waals surface area contributed by atoms with Gasteiger partial charge < -0.3 is 20.1 Å². The summed E-state index contributed by atoms with van der Waals surface area (Å²) in [6.45, 7) is 7.45. The van der Waals surface area contributed by atoms with Gasteiger partial charge in [0.25, 0.3) is 5.91 Å². The molecule has 2 atom stereocenters. The summed E-state index contributed by atoms with van der Waals surface area (Å²) in [7, 11) is 0. The molecule has 3 rings (SSSR count). The zero-order chi connectivity index (χ0) is 20.1. The van der Waals surface area contributed by atoms with Crippen LogP contribution >= 0.6 is 11.6 Å². The first kappa shape index (κ1) is 20.5. The zero-order valence-electron chi connectivity index (χ0n) is 16.6. The second kappa shape index (κ2) is 9.30. The van der Waals surface area contributed by atoms with E-state index in [-0.39, 0.29) is 18.1 Å². The van der Waals surface area contributed by atoms with Crippen molar-refractivity contribution >= 4 is 17.5 Å². The number of carbonyl (C=O) groups excluding carboxylic acids is 1. The Balaban J connectivity index is 1.55. The highest BCUT2D eigenvalue weighted by Crippen LogP contribution is 2.35. The predicted molar refractivity (Wildman–Crippen MR) is 110 cm³/mol. The van der Waals surface area contributed by atoms with E-state index < -0.39 is 0 Å². The first-order valence-corrected chi connectivity index (χ1v) is 10.1. The van der Waals surface area contributed by atoms with Crippen LogP contribution in [-0.4, -0.2) is 25.2 Å². The Morgan fingerprint density at radius 3 is 2.82 bits per heavy atom. The summed E-state index contributed by atoms with van der Waals surface area (Å²) in [5, 5.41) is 5.71. The summed E-state index contributed by atoms with van der Waals surface area (Å²) >= 11 is 5.93. The lowest BCUT2D eigenvalue weighted by molar-refractivity contribution is -0.682. The van der Waals surface area contributed by atoms with E-state index in [0.717, 1.165) is 34.6 Å². The molecule has 0 saturated heterocycles. The normalized spacial score (nSPS) is 16.2. The average Bonchev–Trinajstić information content (AvgIpc) is 3.03. The molecule has 0 fully saturated rings. The van der Waals surface area contributed by atoms with Gasteiger partial charge in [0, 0.05) is 34.7 Å². The molecule has 6 heteroatoms. The number of benzene rings is 2. The Hall–Kier alpha value is -2.24. The van der Waals surface area contributed by atoms with Crippen molar-refractivity contribution in [2.45, 2.75) is 45.9 Å². The molecule has 2 aromatic rings. The molecule has 28 heavy (non-hydrogen) atoms. The first-order chi connectivity index (χ1) is 13.5. The lowest BCUT2D eigenvalue weighted by Gasteiger charge is -2.14. The van der Waals surface area contributed by atoms with Gasteiger partial charge in [0.15, 0.2) is 6.54 Å². The van der Waals surface area contributed by atoms with E-state index in [9.17, 15) is 4.79 Å². The third kappa shape index (κ3) is 5.18. The maximum atomic E-state index is 12.3. The van der Waals surface area contributed by atoms with Gasteiger partial charge in [-0.25, -0.2) is 0 Å². The zero-order valence-corrected chi connectivity index (χ0v) is 17.4. The molecule has 0 bridgehead atoms. The van der Waals surface area contributed by atoms with Gasteiger partial charge >= 0.3 is 0 Å². The monoisotopic (exact) mass is 403 g/mol. The molecule has 0 radical (unpaired) electrons. The Kier molecular flexibility index (Phi) is 6.81. The molecule has 0 unspecified atom stereocenters. The molecule has 0 aliphatic carbocycles. The van der Waals surface area contributed by atoms with Crippen molar-refractivity contribution in [2.24, 2.45) is 0 Å². The molecule has 150 valence electrons. The summed E-state index contributed by atoms with van der Waals surface area (Å²) in [5.74, 6) is 1.69. The number of ether oxygens (including phenoxy) is 2. The molecule has 1 heterocycles. The smallest absolute Gasteiger partial charge is 0.275 e. The molecule has 0 aromatic heterocycles. The quantitative estimate of drug-likeness (QED) is 0.712. The Morgan fingerprint density at radius 1 is 1.36 bits per heavy atom. The molecular weight excluding hydrogens is 376 g/mol. The Labute approximate surface area is 171 Å². The first-order valence-electron chi connectivity index (χ1n) is 9.77. The molecule has 5 nitrogen and oxygen atoms in total. The van der Waals surface area contributed by atoms with Crippen LogP contribution in [0, 0.1) is 0 Å². The summed E-state index contributed by atoms with van der Waals surface area (Å²) in [4.78, 5) is 12.3. The van der Waals surface area contributed by atoms with Gasteiger partial charge in [0.1, 0.15) is 23.6 Å². The second-order valence-electron chi connectivity index (χ2n) is 7.19. The van der Waals surface area contributed by atoms with Crippen molar-refractivity contribution in [1.29, 1.82) is 0 Å². The lowest BCUT2D eigenvalue weighted by atomic mass is 10.1. The maximum Gasteiger partial charge on any atom is 0.275 e. The number of carbonyl (C=O) groups is 1. The van der Waals surface area contributed by atoms with Crippen molar-refractivity contribution in [2.75, 3.05) is 13.2 Å². The minimum absolute atomic E-state index is 0.0157. The fourth-order valence-electron chi connectivity index (χ4n) is 3.36. The largest absolute Gasteiger partial charge is 0.494 e. The van der Waals surface area contributed by atoms with Gasteiger partial charge in [0.2, 0.25) is 0 Å². The Morgan fingerprint density at radius 2 is 2.11 bits per heavy atom. The van der Waals surface area contributed by atoms with E-state index in [4.69, 9.17) is 21.1 Å². The summed E-state index contributed by atoms with van der Waals surface area (Å²) in [5.41, 5.74) is 3.24. The number of rotatable bonds is 8. The van der Waals surface area contributed by atoms with Crippen molar-refractivity contribution in [1.82, 2.24) is 5.32 Å². The van der Waals surface area contributed by atoms with Crippen LogP contribution in [0.2, 0.25) is 5.02 Å². The van der Waals surface area contributed by atoms with E-state index in [1.54, 1.807) is 0 Å². The van der Waals surface area contributed by atoms with Crippen molar-refractivity contribution < 1.29 is 19.6 Å². The SMILES string of the molecule is CCOc1cc2c(cc1CNC(=O)C[NH2+][C@@H](C)c1ccc(Cl)cc1)O[C@@H](C)C2. The van der Waals surface area contributed by atoms with Gasteiger partial charge in [-0.3, -0.25) is 4.79 Å². The summed E-state index contributed by atoms with van der Waals surface area (Å²) in [6, 6.07) is 11.9. The molecule has 0 saturated carbocycles. The number of fused-ring (bicyclic) bond motifs is 1. The van der Waals surface area contributed by atoms with Gasteiger partial charge in [0.05, 0.1) is 6.61 Å². The average molecular weight is 404 g/mol. The van der Waals surface area contributed by atoms with Crippen LogP contribution < -0.4 is 20.1 Å². The third-order valence-corrected chi connectivity index (χ3v) is 5.16. The molecule has 2 aromatic carbocycles. The van der Waals surface area contributed by atoms with E-state index in [1.165, 1.54) is 0 Å². The fraction of sp³-hybridized carbons (Fsp3) is 0.409. The number of amides is 1. The van der Waals surface area contributed by atoms with Crippen LogP contribution in [0.3, 0.4) is 0 Å². The number of hydrogen-bond acceptors (Lipinski definition) is 3. The molecular formula is C22H28ClN2O3+. The highest BCUT2D eigenvalue weighted by atomic mass is 35.5. The number of quaternary nitrogens is 1. The number of nitrogens with one attached hydrogen (secondary N) is 1. The van der Waals surface area contributed by atoms with Crippen LogP contribution in [0.4, 0.5) is 0 Å². The van der Waals surface area contributed by atoms with Crippen molar-refractivity contribution in [3.05, 3.63) is 58.1 Å². The number of halogens is 1. The second-order valence-corrected chi connectivity index (χ2v) is 7.63. The summed E-state index contributed by atoms with van der Waals surface area (Å²) < 4.78 is 11.6. The Bertz CT molecular complexity index is 823. The van der Waals surface area contributed by atoms with Crippen LogP contribution in [0.15, 0.2) is 36.4 Å². The summed E-state index contributed by atoms with van der Waals surface area (Å²) in [6.07, 6.45) is 1.07. The highest BCUT2D eigenvalue weighted by molar-refractivity contribution is 6.30. The number of hydrogen-bond donors (Lipinski definition) is 2. The minimum Gasteiger partial charge on any atom is -0.494 e. The molecule has 1 aliphatic heterocycles. The van der Waals surface area contributed by atoms with E-state index >= 15 is 0 Å². The van der Waals surface area contributed by atoms with Crippen LogP contribution in [0.25, 0.3) is 0 Å². The lowest BCUT2D eigenvalue weighted by Crippen LogP contribution is -2.87. The maximum absolute atomic E-state index is 12.3. The van der Waals surface area contributed by atoms with Gasteiger partial charge in [-0.1, -0.05) is 23.7 Å². The highest BCUT2D eigenvalue weighted by Gasteiger charge is 2.22. The topological polar surface area (TPSA) is 64.2 Å². The molecule has 1 amide bonds. The minimum atomic E-state index is -0.0157. The van der Waals surface area contributed by atoms with Gasteiger partial charge in [-0.05, 0) is 45.0 Å². The van der Waals surface area contributed by atoms with Gasteiger partial charge in [-0.2, -0.15) is 0 Å². The molecule has 1 aliphatic rings. The van der Waals surface area contributed by atoms with Crippen LogP contribution in [0.5, 0.6) is 11.5 Å². The third-order valence-electron chi connectivity index (χ3n) is 4.91. The molecule has 0 spiro atoms. The molecule has 3 N–H and O–H groups in total. The van der Waals surface area contributed by atoms with Crippen LogP contribution in [-0.2, 0) is 17.8 Å². The van der Waals surface area contributed by atoms with E-state index in [2.05, 4.69) is 19.2 Å². The van der Waals surface area contributed by atoms with Crippen LogP contribution in [0.1, 0.15) is 43.5 Å². The number of nitrogens with two attached hydrogens (primary N) is 1. The van der Waals surface area contributed by atoms with Crippen molar-refractivity contribution in [3.63, 3.8) is 0 Å². The standard InChI is InChI=1S/C22H27ClN2O3/c1-4-27-20-10-17-9-14(2)28-21(17)11-18(20)12-25-22(26)13-24-15(3)16-5-7-19(23)8-6-16/h5-8,10-11,14-15,24H,4,9,12-13H2,1-3H3,(H,25,26)/p+1/t14-,15-/m0/s1. The van der Waals surface area contributed by atoms with Crippen molar-refractivity contribution in [3.8, 4) is 11.5 Å². The van der Waals surface area contributed by atoms with E-state index in [0.29, 0.717) is 24.7 Å². The fourth-order valence-corrected chi connectivity index (χ4v) is 3.49. The predicted octanol–water partition coefficient (Wildman–Crippen LogP) is 3.00. The van der Waals surface area contributed by atoms with E-state index in [1.807, 2.05) is 48.6 Å². The van der Waals surface area contributed by atoms with Gasteiger partial charge in [-0.15, -0.1) is 0 Å².